The third kappa shape index (κ3) is 3.33. The highest BCUT2D eigenvalue weighted by molar-refractivity contribution is 5.03. The monoisotopic (exact) mass is 251 g/mol. The van der Waals surface area contributed by atoms with Crippen molar-refractivity contribution in [2.75, 3.05) is 13.2 Å². The molecule has 0 radical (unpaired) electrons. The van der Waals surface area contributed by atoms with Crippen LogP contribution in [0.5, 0.6) is 0 Å². The summed E-state index contributed by atoms with van der Waals surface area (Å²) in [5.41, 5.74) is 1.16. The number of hydrogen-bond donors (Lipinski definition) is 1. The molecule has 1 aliphatic rings. The van der Waals surface area contributed by atoms with Gasteiger partial charge in [0, 0.05) is 31.3 Å². The number of nitrogens with zero attached hydrogens (tertiary/aromatic N) is 2. The van der Waals surface area contributed by atoms with Gasteiger partial charge in [0.15, 0.2) is 0 Å². The summed E-state index contributed by atoms with van der Waals surface area (Å²) < 4.78 is 7.82. The summed E-state index contributed by atoms with van der Waals surface area (Å²) in [6, 6.07) is 2.95. The van der Waals surface area contributed by atoms with Crippen LogP contribution < -0.4 is 5.32 Å². The largest absolute Gasteiger partial charge is 0.377 e. The van der Waals surface area contributed by atoms with E-state index in [4.69, 9.17) is 4.74 Å². The topological polar surface area (TPSA) is 39.1 Å². The van der Waals surface area contributed by atoms with Crippen molar-refractivity contribution in [3.8, 4) is 0 Å². The zero-order valence-corrected chi connectivity index (χ0v) is 11.7. The molecule has 2 rings (SSSR count). The van der Waals surface area contributed by atoms with Crippen molar-refractivity contribution in [2.24, 2.45) is 0 Å². The van der Waals surface area contributed by atoms with Crippen LogP contribution in [-0.4, -0.2) is 35.1 Å². The Balaban J connectivity index is 1.98. The lowest BCUT2D eigenvalue weighted by Gasteiger charge is -2.23. The number of nitrogens with one attached hydrogen (secondary N) is 1. The fourth-order valence-corrected chi connectivity index (χ4v) is 2.52. The van der Waals surface area contributed by atoms with Crippen LogP contribution >= 0.6 is 0 Å². The Hall–Kier alpha value is -0.870. The summed E-state index contributed by atoms with van der Waals surface area (Å²) in [6.45, 7) is 8.34. The first-order valence-corrected chi connectivity index (χ1v) is 7.09. The van der Waals surface area contributed by atoms with Crippen LogP contribution in [0.1, 0.15) is 45.3 Å². The Kier molecular flexibility index (Phi) is 4.78. The van der Waals surface area contributed by atoms with E-state index < -0.39 is 0 Å². The molecule has 0 aromatic carbocycles. The van der Waals surface area contributed by atoms with E-state index in [-0.39, 0.29) is 0 Å². The molecule has 1 saturated heterocycles. The minimum Gasteiger partial charge on any atom is -0.377 e. The van der Waals surface area contributed by atoms with Gasteiger partial charge in [-0.15, -0.1) is 0 Å². The van der Waals surface area contributed by atoms with E-state index in [1.54, 1.807) is 0 Å². The van der Waals surface area contributed by atoms with E-state index in [0.29, 0.717) is 18.2 Å². The minimum absolute atomic E-state index is 0.356. The highest BCUT2D eigenvalue weighted by atomic mass is 16.5. The van der Waals surface area contributed by atoms with Gasteiger partial charge in [-0.2, -0.15) is 5.10 Å². The first-order chi connectivity index (χ1) is 8.70. The summed E-state index contributed by atoms with van der Waals surface area (Å²) in [6.07, 6.45) is 5.74. The van der Waals surface area contributed by atoms with Crippen molar-refractivity contribution in [1.29, 1.82) is 0 Å². The van der Waals surface area contributed by atoms with E-state index in [9.17, 15) is 0 Å². The Labute approximate surface area is 110 Å². The van der Waals surface area contributed by atoms with Gasteiger partial charge in [-0.1, -0.05) is 6.92 Å². The van der Waals surface area contributed by atoms with Gasteiger partial charge in [0.25, 0.3) is 0 Å². The van der Waals surface area contributed by atoms with Crippen LogP contribution in [0.15, 0.2) is 12.3 Å². The molecule has 0 saturated carbocycles. The molecule has 4 heteroatoms. The number of likely N-dealkylation sites (N-methyl/N-ethyl adjacent to an activating group) is 1. The maximum atomic E-state index is 5.80. The Bertz CT molecular complexity index is 356. The predicted octanol–water partition coefficient (Wildman–Crippen LogP) is 2.16. The highest BCUT2D eigenvalue weighted by Crippen LogP contribution is 2.18. The quantitative estimate of drug-likeness (QED) is 0.842. The highest BCUT2D eigenvalue weighted by Gasteiger charge is 2.26. The van der Waals surface area contributed by atoms with Crippen LogP contribution in [0, 0.1) is 0 Å². The second-order valence-electron chi connectivity index (χ2n) is 5.30. The van der Waals surface area contributed by atoms with Gasteiger partial charge in [-0.3, -0.25) is 4.68 Å². The molecule has 102 valence electrons. The van der Waals surface area contributed by atoms with Crippen molar-refractivity contribution in [1.82, 2.24) is 15.1 Å². The molecule has 1 N–H and O–H groups in total. The molecular weight excluding hydrogens is 226 g/mol. The lowest BCUT2D eigenvalue weighted by Crippen LogP contribution is -2.41. The van der Waals surface area contributed by atoms with E-state index in [1.165, 1.54) is 12.8 Å². The predicted molar refractivity (Wildman–Crippen MR) is 72.8 cm³/mol. The minimum atomic E-state index is 0.356. The molecule has 4 nitrogen and oxygen atoms in total. The molecular formula is C14H25N3O. The maximum Gasteiger partial charge on any atom is 0.0732 e. The molecule has 18 heavy (non-hydrogen) atoms. The summed E-state index contributed by atoms with van der Waals surface area (Å²) in [4.78, 5) is 0. The Morgan fingerprint density at radius 1 is 1.56 bits per heavy atom. The molecule has 2 atom stereocenters. The van der Waals surface area contributed by atoms with Crippen LogP contribution in [0.3, 0.4) is 0 Å². The van der Waals surface area contributed by atoms with Crippen molar-refractivity contribution in [2.45, 2.75) is 58.2 Å². The second kappa shape index (κ2) is 6.34. The molecule has 0 spiro atoms. The average molecular weight is 251 g/mol. The van der Waals surface area contributed by atoms with Gasteiger partial charge in [0.2, 0.25) is 0 Å². The number of aromatic nitrogens is 2. The summed E-state index contributed by atoms with van der Waals surface area (Å²) in [5.74, 6) is 0. The molecule has 1 aromatic rings. The summed E-state index contributed by atoms with van der Waals surface area (Å²) >= 11 is 0. The molecule has 2 heterocycles. The average Bonchev–Trinajstić information content (AvgIpc) is 2.99. The fourth-order valence-electron chi connectivity index (χ4n) is 2.52. The van der Waals surface area contributed by atoms with Crippen molar-refractivity contribution in [3.05, 3.63) is 18.0 Å². The molecule has 1 aromatic heterocycles. The van der Waals surface area contributed by atoms with Gasteiger partial charge >= 0.3 is 0 Å². The standard InChI is InChI=1S/C14H25N3O/c1-4-15-13(14-6-5-9-18-14)10-12-7-8-17(16-12)11(2)3/h7-8,11,13-15H,4-6,9-10H2,1-3H3. The summed E-state index contributed by atoms with van der Waals surface area (Å²) in [5, 5.41) is 8.16. The molecule has 0 bridgehead atoms. The SMILES string of the molecule is CCNC(Cc1ccn(C(C)C)n1)C1CCCO1. The van der Waals surface area contributed by atoms with Crippen LogP contribution in [0.25, 0.3) is 0 Å². The second-order valence-corrected chi connectivity index (χ2v) is 5.30. The number of ether oxygens (including phenoxy) is 1. The van der Waals surface area contributed by atoms with Crippen LogP contribution in [0.2, 0.25) is 0 Å². The Morgan fingerprint density at radius 3 is 2.94 bits per heavy atom. The fraction of sp³-hybridized carbons (Fsp3) is 0.786. The third-order valence-electron chi connectivity index (χ3n) is 3.50. The van der Waals surface area contributed by atoms with Crippen molar-refractivity contribution < 1.29 is 4.74 Å². The Morgan fingerprint density at radius 2 is 2.39 bits per heavy atom. The molecule has 1 aliphatic heterocycles. The van der Waals surface area contributed by atoms with Crippen LogP contribution in [-0.2, 0) is 11.2 Å². The first-order valence-electron chi connectivity index (χ1n) is 7.09. The van der Waals surface area contributed by atoms with Gasteiger partial charge < -0.3 is 10.1 Å². The van der Waals surface area contributed by atoms with E-state index in [1.807, 2.05) is 4.68 Å². The van der Waals surface area contributed by atoms with Gasteiger partial charge in [0.05, 0.1) is 11.8 Å². The molecule has 1 fully saturated rings. The van der Waals surface area contributed by atoms with E-state index in [2.05, 4.69) is 43.4 Å². The lowest BCUT2D eigenvalue weighted by molar-refractivity contribution is 0.0785. The zero-order valence-electron chi connectivity index (χ0n) is 11.7. The number of rotatable bonds is 6. The lowest BCUT2D eigenvalue weighted by atomic mass is 10.0. The third-order valence-corrected chi connectivity index (χ3v) is 3.50. The van der Waals surface area contributed by atoms with Crippen molar-refractivity contribution >= 4 is 0 Å². The summed E-state index contributed by atoms with van der Waals surface area (Å²) in [7, 11) is 0. The maximum absolute atomic E-state index is 5.80. The first kappa shape index (κ1) is 13.6. The zero-order chi connectivity index (χ0) is 13.0. The van der Waals surface area contributed by atoms with Crippen molar-refractivity contribution in [3.63, 3.8) is 0 Å². The molecule has 2 unspecified atom stereocenters. The van der Waals surface area contributed by atoms with E-state index >= 15 is 0 Å². The van der Waals surface area contributed by atoms with Gasteiger partial charge in [0.1, 0.15) is 0 Å². The van der Waals surface area contributed by atoms with Gasteiger partial charge in [-0.25, -0.2) is 0 Å². The van der Waals surface area contributed by atoms with Gasteiger partial charge in [-0.05, 0) is 39.3 Å². The molecule has 0 amide bonds. The molecule has 0 aliphatic carbocycles. The number of hydrogen-bond acceptors (Lipinski definition) is 3. The van der Waals surface area contributed by atoms with Crippen LogP contribution in [0.4, 0.5) is 0 Å². The van der Waals surface area contributed by atoms with E-state index in [0.717, 1.165) is 25.3 Å². The normalized spacial score (nSPS) is 21.7. The smallest absolute Gasteiger partial charge is 0.0732 e.